The molecule has 2 aromatic heterocycles. The largest absolute Gasteiger partial charge is 0.369 e. The van der Waals surface area contributed by atoms with E-state index in [4.69, 9.17) is 16.1 Å². The molecule has 0 aliphatic heterocycles. The Hall–Kier alpha value is -2.92. The van der Waals surface area contributed by atoms with Crippen molar-refractivity contribution in [3.05, 3.63) is 71.5 Å². The van der Waals surface area contributed by atoms with E-state index in [1.807, 2.05) is 42.5 Å². The second-order valence-corrected chi connectivity index (χ2v) is 6.04. The van der Waals surface area contributed by atoms with E-state index in [1.165, 1.54) is 11.9 Å². The third-order valence-electron chi connectivity index (χ3n) is 3.92. The summed E-state index contributed by atoms with van der Waals surface area (Å²) in [5.74, 6) is 0.706. The maximum absolute atomic E-state index is 6.10. The van der Waals surface area contributed by atoms with Crippen LogP contribution in [0, 0.1) is 0 Å². The van der Waals surface area contributed by atoms with Gasteiger partial charge in [-0.05, 0) is 24.1 Å². The molecular weight excluding hydrogens is 336 g/mol. The Balaban J connectivity index is 1.64. The van der Waals surface area contributed by atoms with Gasteiger partial charge in [0.15, 0.2) is 0 Å². The summed E-state index contributed by atoms with van der Waals surface area (Å²) in [6.07, 6.45) is 2.37. The molecule has 2 aromatic carbocycles. The first kappa shape index (κ1) is 15.6. The molecule has 0 saturated carbocycles. The molecule has 0 amide bonds. The number of halogens is 1. The summed E-state index contributed by atoms with van der Waals surface area (Å²) in [7, 11) is 0. The molecule has 0 saturated heterocycles. The highest BCUT2D eigenvalue weighted by molar-refractivity contribution is 6.30. The number of benzene rings is 2. The lowest BCUT2D eigenvalue weighted by atomic mass is 10.1. The molecule has 0 radical (unpaired) electrons. The number of fused-ring (bicyclic) bond motifs is 1. The maximum Gasteiger partial charge on any atom is 0.263 e. The average Bonchev–Trinajstić information content (AvgIpc) is 3.08. The van der Waals surface area contributed by atoms with Crippen molar-refractivity contribution in [2.45, 2.75) is 6.42 Å². The van der Waals surface area contributed by atoms with Crippen molar-refractivity contribution in [1.29, 1.82) is 0 Å². The number of hydrogen-bond acceptors (Lipinski definition) is 5. The topological polar surface area (TPSA) is 63.8 Å². The second kappa shape index (κ2) is 6.91. The Bertz CT molecular complexity index is 1000. The Morgan fingerprint density at radius 2 is 1.88 bits per heavy atom. The predicted molar refractivity (Wildman–Crippen MR) is 98.7 cm³/mol. The van der Waals surface area contributed by atoms with E-state index in [9.17, 15) is 0 Å². The molecule has 0 aliphatic carbocycles. The van der Waals surface area contributed by atoms with Gasteiger partial charge in [0.2, 0.25) is 0 Å². The summed E-state index contributed by atoms with van der Waals surface area (Å²) in [6.45, 7) is 0.746. The fourth-order valence-corrected chi connectivity index (χ4v) is 2.91. The van der Waals surface area contributed by atoms with Crippen LogP contribution in [0.5, 0.6) is 0 Å². The zero-order valence-electron chi connectivity index (χ0n) is 13.3. The summed E-state index contributed by atoms with van der Waals surface area (Å²) in [6, 6.07) is 17.8. The van der Waals surface area contributed by atoms with E-state index in [0.29, 0.717) is 22.2 Å². The highest BCUT2D eigenvalue weighted by Crippen LogP contribution is 2.32. The third-order valence-corrected chi connectivity index (χ3v) is 4.15. The molecule has 2 heterocycles. The standard InChI is InChI=1S/C19H15ClN4O/c20-15-8-4-7-14(11-15)17-16-18(22-12-23-19(16)25-24-17)21-10-9-13-5-2-1-3-6-13/h1-8,11-12H,9-10H2,(H,21,22,23). The lowest BCUT2D eigenvalue weighted by Gasteiger charge is -2.07. The smallest absolute Gasteiger partial charge is 0.263 e. The van der Waals surface area contributed by atoms with Crippen molar-refractivity contribution in [1.82, 2.24) is 15.1 Å². The first-order valence-electron chi connectivity index (χ1n) is 7.95. The highest BCUT2D eigenvalue weighted by atomic mass is 35.5. The second-order valence-electron chi connectivity index (χ2n) is 5.61. The number of nitrogens with one attached hydrogen (secondary N) is 1. The number of anilines is 1. The monoisotopic (exact) mass is 350 g/mol. The molecule has 5 nitrogen and oxygen atoms in total. The lowest BCUT2D eigenvalue weighted by molar-refractivity contribution is 0.451. The molecule has 25 heavy (non-hydrogen) atoms. The van der Waals surface area contributed by atoms with Gasteiger partial charge in [0.05, 0.1) is 0 Å². The SMILES string of the molecule is Clc1cccc(-c2noc3ncnc(NCCc4ccccc4)c23)c1. The van der Waals surface area contributed by atoms with Crippen molar-refractivity contribution in [3.63, 3.8) is 0 Å². The minimum atomic E-state index is 0.451. The van der Waals surface area contributed by atoms with Crippen molar-refractivity contribution in [2.75, 3.05) is 11.9 Å². The van der Waals surface area contributed by atoms with Crippen LogP contribution in [0.25, 0.3) is 22.4 Å². The quantitative estimate of drug-likeness (QED) is 0.570. The van der Waals surface area contributed by atoms with Crippen LogP contribution in [-0.2, 0) is 6.42 Å². The van der Waals surface area contributed by atoms with E-state index in [1.54, 1.807) is 0 Å². The van der Waals surface area contributed by atoms with Crippen molar-refractivity contribution in [3.8, 4) is 11.3 Å². The van der Waals surface area contributed by atoms with Gasteiger partial charge in [-0.25, -0.2) is 4.98 Å². The lowest BCUT2D eigenvalue weighted by Crippen LogP contribution is -2.07. The van der Waals surface area contributed by atoms with E-state index >= 15 is 0 Å². The van der Waals surface area contributed by atoms with Crippen molar-refractivity contribution in [2.24, 2.45) is 0 Å². The van der Waals surface area contributed by atoms with Gasteiger partial charge in [-0.2, -0.15) is 4.98 Å². The molecule has 0 bridgehead atoms. The normalized spacial score (nSPS) is 10.9. The van der Waals surface area contributed by atoms with Crippen LogP contribution in [0.3, 0.4) is 0 Å². The molecule has 0 unspecified atom stereocenters. The number of nitrogens with zero attached hydrogens (tertiary/aromatic N) is 3. The Kier molecular flexibility index (Phi) is 4.31. The molecular formula is C19H15ClN4O. The van der Waals surface area contributed by atoms with Crippen LogP contribution in [0.4, 0.5) is 5.82 Å². The van der Waals surface area contributed by atoms with Crippen LogP contribution in [-0.4, -0.2) is 21.7 Å². The molecule has 124 valence electrons. The van der Waals surface area contributed by atoms with Gasteiger partial charge in [0.25, 0.3) is 5.71 Å². The molecule has 0 spiro atoms. The van der Waals surface area contributed by atoms with Gasteiger partial charge in [0.1, 0.15) is 23.2 Å². The molecule has 4 rings (SSSR count). The van der Waals surface area contributed by atoms with E-state index in [-0.39, 0.29) is 0 Å². The summed E-state index contributed by atoms with van der Waals surface area (Å²) >= 11 is 6.10. The minimum Gasteiger partial charge on any atom is -0.369 e. The Morgan fingerprint density at radius 3 is 2.72 bits per heavy atom. The minimum absolute atomic E-state index is 0.451. The van der Waals surface area contributed by atoms with Gasteiger partial charge >= 0.3 is 0 Å². The van der Waals surface area contributed by atoms with Crippen molar-refractivity contribution >= 4 is 28.5 Å². The van der Waals surface area contributed by atoms with Crippen LogP contribution >= 0.6 is 11.6 Å². The third kappa shape index (κ3) is 3.32. The Labute approximate surface area is 149 Å². The fraction of sp³-hybridized carbons (Fsp3) is 0.105. The molecule has 6 heteroatoms. The summed E-state index contributed by atoms with van der Waals surface area (Å²) in [5, 5.41) is 8.92. The van der Waals surface area contributed by atoms with E-state index in [0.717, 1.165) is 23.9 Å². The highest BCUT2D eigenvalue weighted by Gasteiger charge is 2.16. The summed E-state index contributed by atoms with van der Waals surface area (Å²) in [4.78, 5) is 8.53. The van der Waals surface area contributed by atoms with E-state index < -0.39 is 0 Å². The van der Waals surface area contributed by atoms with Crippen LogP contribution < -0.4 is 5.32 Å². The van der Waals surface area contributed by atoms with Crippen molar-refractivity contribution < 1.29 is 4.52 Å². The zero-order valence-corrected chi connectivity index (χ0v) is 14.1. The average molecular weight is 351 g/mol. The Morgan fingerprint density at radius 1 is 1.00 bits per heavy atom. The summed E-state index contributed by atoms with van der Waals surface area (Å²) < 4.78 is 5.36. The first-order chi connectivity index (χ1) is 12.3. The van der Waals surface area contributed by atoms with Gasteiger partial charge in [-0.1, -0.05) is 59.2 Å². The predicted octanol–water partition coefficient (Wildman–Crippen LogP) is 4.59. The number of aromatic nitrogens is 3. The number of hydrogen-bond donors (Lipinski definition) is 1. The van der Waals surface area contributed by atoms with Crippen LogP contribution in [0.2, 0.25) is 5.02 Å². The maximum atomic E-state index is 6.10. The molecule has 1 N–H and O–H groups in total. The van der Waals surface area contributed by atoms with Gasteiger partial charge < -0.3 is 9.84 Å². The van der Waals surface area contributed by atoms with Gasteiger partial charge in [-0.3, -0.25) is 0 Å². The first-order valence-corrected chi connectivity index (χ1v) is 8.33. The molecule has 0 atom stereocenters. The molecule has 0 aliphatic rings. The van der Waals surface area contributed by atoms with Crippen LogP contribution in [0.15, 0.2) is 65.4 Å². The van der Waals surface area contributed by atoms with E-state index in [2.05, 4.69) is 32.6 Å². The molecule has 4 aromatic rings. The van der Waals surface area contributed by atoms with Gasteiger partial charge in [-0.15, -0.1) is 0 Å². The van der Waals surface area contributed by atoms with Crippen LogP contribution in [0.1, 0.15) is 5.56 Å². The zero-order chi connectivity index (χ0) is 17.1. The molecule has 0 fully saturated rings. The number of rotatable bonds is 5. The summed E-state index contributed by atoms with van der Waals surface area (Å²) in [5.41, 5.74) is 3.26. The fourth-order valence-electron chi connectivity index (χ4n) is 2.72. The van der Waals surface area contributed by atoms with Gasteiger partial charge in [0, 0.05) is 17.1 Å².